The highest BCUT2D eigenvalue weighted by Crippen LogP contribution is 2.13. The van der Waals surface area contributed by atoms with Crippen molar-refractivity contribution < 1.29 is 9.15 Å². The van der Waals surface area contributed by atoms with Crippen molar-refractivity contribution in [3.8, 4) is 0 Å². The lowest BCUT2D eigenvalue weighted by Gasteiger charge is -2.15. The fourth-order valence-electron chi connectivity index (χ4n) is 1.53. The van der Waals surface area contributed by atoms with Crippen LogP contribution in [0.4, 0.5) is 6.01 Å². The zero-order chi connectivity index (χ0) is 10.5. The molecule has 0 bridgehead atoms. The number of hydrogen-bond acceptors (Lipinski definition) is 6. The zero-order valence-corrected chi connectivity index (χ0v) is 8.69. The van der Waals surface area contributed by atoms with Gasteiger partial charge in [-0.25, -0.2) is 0 Å². The summed E-state index contributed by atoms with van der Waals surface area (Å²) in [6, 6.07) is 0.587. The van der Waals surface area contributed by atoms with E-state index < -0.39 is 0 Å². The molecular weight excluding hydrogens is 196 g/mol. The Balaban J connectivity index is 2.00. The van der Waals surface area contributed by atoms with E-state index in [-0.39, 0.29) is 0 Å². The molecule has 1 aromatic heterocycles. The van der Waals surface area contributed by atoms with Crippen LogP contribution in [0.15, 0.2) is 4.42 Å². The van der Waals surface area contributed by atoms with Gasteiger partial charge in [-0.2, -0.15) is 0 Å². The topological polar surface area (TPSA) is 77.4 Å². The third kappa shape index (κ3) is 2.66. The maximum atomic E-state index is 5.49. The number of anilines is 1. The third-order valence-electron chi connectivity index (χ3n) is 2.31. The summed E-state index contributed by atoms with van der Waals surface area (Å²) in [5, 5.41) is 7.93. The molecule has 1 aliphatic heterocycles. The molecule has 1 saturated heterocycles. The Morgan fingerprint density at radius 2 is 2.20 bits per heavy atom. The van der Waals surface area contributed by atoms with Crippen LogP contribution in [0.3, 0.4) is 0 Å². The van der Waals surface area contributed by atoms with E-state index in [4.69, 9.17) is 14.9 Å². The molecule has 6 nitrogen and oxygen atoms in total. The van der Waals surface area contributed by atoms with Gasteiger partial charge in [0.2, 0.25) is 5.89 Å². The number of ether oxygens (including phenoxy) is 1. The van der Waals surface area contributed by atoms with Gasteiger partial charge in [-0.15, -0.1) is 5.10 Å². The molecule has 0 atom stereocenters. The average molecular weight is 212 g/mol. The first kappa shape index (κ1) is 10.4. The summed E-state index contributed by atoms with van der Waals surface area (Å²) in [5.74, 6) is 0.609. The van der Waals surface area contributed by atoms with Crippen LogP contribution in [-0.2, 0) is 11.2 Å². The molecule has 0 spiro atoms. The van der Waals surface area contributed by atoms with Gasteiger partial charge in [0.05, 0.1) is 6.61 Å². The quantitative estimate of drug-likeness (QED) is 0.747. The van der Waals surface area contributed by atoms with Crippen LogP contribution < -0.4 is 10.6 Å². The van der Waals surface area contributed by atoms with E-state index in [1.165, 1.54) is 0 Å². The van der Waals surface area contributed by atoms with Gasteiger partial charge >= 0.3 is 6.01 Å². The lowest BCUT2D eigenvalue weighted by molar-refractivity contribution is 0.152. The fraction of sp³-hybridized carbons (Fsp3) is 0.778. The van der Waals surface area contributed by atoms with E-state index in [1.807, 2.05) is 0 Å². The minimum atomic E-state index is 0.532. The second kappa shape index (κ2) is 5.09. The van der Waals surface area contributed by atoms with Crippen molar-refractivity contribution in [2.75, 3.05) is 37.7 Å². The van der Waals surface area contributed by atoms with Crippen LogP contribution in [-0.4, -0.2) is 43.0 Å². The molecule has 1 aromatic rings. The molecule has 0 radical (unpaired) electrons. The highest BCUT2D eigenvalue weighted by molar-refractivity contribution is 5.23. The molecule has 0 aromatic carbocycles. The maximum Gasteiger partial charge on any atom is 0.318 e. The molecule has 2 rings (SSSR count). The fourth-order valence-corrected chi connectivity index (χ4v) is 1.53. The molecule has 0 amide bonds. The largest absolute Gasteiger partial charge is 0.408 e. The number of hydrogen-bond donors (Lipinski definition) is 1. The summed E-state index contributed by atoms with van der Waals surface area (Å²) in [4.78, 5) is 2.06. The second-order valence-corrected chi connectivity index (χ2v) is 3.47. The Morgan fingerprint density at radius 1 is 1.27 bits per heavy atom. The molecule has 84 valence electrons. The lowest BCUT2D eigenvalue weighted by atomic mass is 10.4. The molecular formula is C9H16N4O2. The molecule has 6 heteroatoms. The van der Waals surface area contributed by atoms with Gasteiger partial charge in [0, 0.05) is 32.7 Å². The molecule has 2 heterocycles. The van der Waals surface area contributed by atoms with Crippen LogP contribution in [0.5, 0.6) is 0 Å². The average Bonchev–Trinajstić information content (AvgIpc) is 2.53. The van der Waals surface area contributed by atoms with Crippen LogP contribution in [0.1, 0.15) is 12.3 Å². The van der Waals surface area contributed by atoms with Crippen LogP contribution in [0.2, 0.25) is 0 Å². The van der Waals surface area contributed by atoms with E-state index in [9.17, 15) is 0 Å². The van der Waals surface area contributed by atoms with Crippen molar-refractivity contribution in [2.45, 2.75) is 12.8 Å². The van der Waals surface area contributed by atoms with Gasteiger partial charge in [-0.05, 0) is 6.42 Å². The Morgan fingerprint density at radius 3 is 3.07 bits per heavy atom. The predicted molar refractivity (Wildman–Crippen MR) is 54.7 cm³/mol. The molecule has 1 aliphatic rings. The Labute approximate surface area is 88.4 Å². The third-order valence-corrected chi connectivity index (χ3v) is 2.31. The molecule has 15 heavy (non-hydrogen) atoms. The minimum Gasteiger partial charge on any atom is -0.408 e. The summed E-state index contributed by atoms with van der Waals surface area (Å²) in [6.07, 6.45) is 1.63. The standard InChI is InChI=1S/C9H16N4O2/c10-3-2-8-11-12-9(15-8)13-4-1-6-14-7-5-13/h1-7,10H2. The Kier molecular flexibility index (Phi) is 3.52. The number of rotatable bonds is 3. The van der Waals surface area contributed by atoms with Gasteiger partial charge in [0.1, 0.15) is 0 Å². The summed E-state index contributed by atoms with van der Waals surface area (Å²) >= 11 is 0. The molecule has 0 saturated carbocycles. The first-order valence-corrected chi connectivity index (χ1v) is 5.25. The summed E-state index contributed by atoms with van der Waals surface area (Å²) in [7, 11) is 0. The van der Waals surface area contributed by atoms with E-state index in [0.717, 1.165) is 26.1 Å². The Hall–Kier alpha value is -1.14. The minimum absolute atomic E-state index is 0.532. The van der Waals surface area contributed by atoms with Crippen molar-refractivity contribution in [3.05, 3.63) is 5.89 Å². The van der Waals surface area contributed by atoms with Gasteiger partial charge in [0.15, 0.2) is 0 Å². The smallest absolute Gasteiger partial charge is 0.318 e. The SMILES string of the molecule is NCCc1nnc(N2CCCOCC2)o1. The van der Waals surface area contributed by atoms with Crippen LogP contribution in [0.25, 0.3) is 0 Å². The first-order chi connectivity index (χ1) is 7.40. The summed E-state index contributed by atoms with van der Waals surface area (Å²) in [5.41, 5.74) is 5.41. The van der Waals surface area contributed by atoms with Gasteiger partial charge in [0.25, 0.3) is 0 Å². The van der Waals surface area contributed by atoms with Crippen molar-refractivity contribution in [2.24, 2.45) is 5.73 Å². The van der Waals surface area contributed by atoms with E-state index >= 15 is 0 Å². The number of nitrogens with zero attached hydrogens (tertiary/aromatic N) is 3. The Bertz CT molecular complexity index is 294. The number of nitrogens with two attached hydrogens (primary N) is 1. The molecule has 0 aliphatic carbocycles. The summed E-state index contributed by atoms with van der Waals surface area (Å²) in [6.45, 7) is 3.77. The van der Waals surface area contributed by atoms with Crippen LogP contribution in [0, 0.1) is 0 Å². The van der Waals surface area contributed by atoms with E-state index in [2.05, 4.69) is 15.1 Å². The monoisotopic (exact) mass is 212 g/mol. The second-order valence-electron chi connectivity index (χ2n) is 3.47. The number of aromatic nitrogens is 2. The maximum absolute atomic E-state index is 5.49. The van der Waals surface area contributed by atoms with Crippen molar-refractivity contribution >= 4 is 6.01 Å². The predicted octanol–water partition coefficient (Wildman–Crippen LogP) is -0.203. The van der Waals surface area contributed by atoms with E-state index in [0.29, 0.717) is 31.5 Å². The van der Waals surface area contributed by atoms with Gasteiger partial charge in [-0.3, -0.25) is 0 Å². The van der Waals surface area contributed by atoms with Crippen molar-refractivity contribution in [1.82, 2.24) is 10.2 Å². The highest BCUT2D eigenvalue weighted by atomic mass is 16.5. The molecule has 1 fully saturated rings. The zero-order valence-electron chi connectivity index (χ0n) is 8.69. The van der Waals surface area contributed by atoms with Crippen molar-refractivity contribution in [3.63, 3.8) is 0 Å². The highest BCUT2D eigenvalue weighted by Gasteiger charge is 2.15. The molecule has 2 N–H and O–H groups in total. The van der Waals surface area contributed by atoms with Crippen molar-refractivity contribution in [1.29, 1.82) is 0 Å². The summed E-state index contributed by atoms with van der Waals surface area (Å²) < 4.78 is 10.8. The van der Waals surface area contributed by atoms with Crippen LogP contribution >= 0.6 is 0 Å². The lowest BCUT2D eigenvalue weighted by Crippen LogP contribution is -2.26. The van der Waals surface area contributed by atoms with Gasteiger partial charge < -0.3 is 19.8 Å². The van der Waals surface area contributed by atoms with E-state index in [1.54, 1.807) is 0 Å². The first-order valence-electron chi connectivity index (χ1n) is 5.25. The van der Waals surface area contributed by atoms with Gasteiger partial charge in [-0.1, -0.05) is 5.10 Å². The molecule has 0 unspecified atom stereocenters. The normalized spacial score (nSPS) is 17.8.